The highest BCUT2D eigenvalue weighted by molar-refractivity contribution is 7.19. The van der Waals surface area contributed by atoms with E-state index in [1.165, 1.54) is 61.7 Å². The van der Waals surface area contributed by atoms with E-state index >= 15 is 0 Å². The molecule has 6 nitrogen and oxygen atoms in total. The second-order valence-electron chi connectivity index (χ2n) is 7.27. The van der Waals surface area contributed by atoms with Gasteiger partial charge >= 0.3 is 5.97 Å². The molecule has 1 saturated heterocycles. The van der Waals surface area contributed by atoms with Crippen molar-refractivity contribution in [1.82, 2.24) is 9.97 Å². The summed E-state index contributed by atoms with van der Waals surface area (Å²) in [6.45, 7) is 3.87. The first-order valence-corrected chi connectivity index (χ1v) is 10.5. The third kappa shape index (κ3) is 3.69. The summed E-state index contributed by atoms with van der Waals surface area (Å²) in [4.78, 5) is 25.4. The Hall–Kier alpha value is -1.73. The lowest BCUT2D eigenvalue weighted by Crippen LogP contribution is -3.11. The van der Waals surface area contributed by atoms with Crippen molar-refractivity contribution in [3.8, 4) is 0 Å². The van der Waals surface area contributed by atoms with Crippen molar-refractivity contribution in [1.29, 1.82) is 0 Å². The van der Waals surface area contributed by atoms with Crippen LogP contribution in [0.25, 0.3) is 10.2 Å². The molecule has 140 valence electrons. The highest BCUT2D eigenvalue weighted by Crippen LogP contribution is 2.39. The molecule has 1 aliphatic carbocycles. The molecule has 0 radical (unpaired) electrons. The molecule has 1 fully saturated rings. The monoisotopic (exact) mass is 375 g/mol. The number of aryl methyl sites for hydroxylation is 2. The zero-order valence-corrected chi connectivity index (χ0v) is 16.2. The minimum Gasteiger partial charge on any atom is -0.469 e. The number of methoxy groups -OCH3 is 1. The summed E-state index contributed by atoms with van der Waals surface area (Å²) < 4.78 is 4.75. The number of aromatic nitrogens is 2. The standard InChI is InChI=1S/C19H26N4O2S/c1-25-16(24)8-9-20-18-17-13-6-5-7-14(13)26-19(17)22-15(21-18)12-23-10-3-2-4-11-23/h2-12H2,1H3,(H,20,21,22)/p+1. The third-order valence-electron chi connectivity index (χ3n) is 5.43. The normalized spacial score (nSPS) is 17.4. The smallest absolute Gasteiger partial charge is 0.307 e. The van der Waals surface area contributed by atoms with Crippen LogP contribution in [0.3, 0.4) is 0 Å². The van der Waals surface area contributed by atoms with Crippen LogP contribution in [-0.4, -0.2) is 42.7 Å². The number of nitrogens with one attached hydrogen (secondary N) is 2. The van der Waals surface area contributed by atoms with Crippen LogP contribution in [0.4, 0.5) is 5.82 Å². The topological polar surface area (TPSA) is 68.5 Å². The lowest BCUT2D eigenvalue weighted by Gasteiger charge is -2.23. The Kier molecular flexibility index (Phi) is 5.36. The number of carbonyl (C=O) groups is 1. The second kappa shape index (κ2) is 7.88. The molecule has 26 heavy (non-hydrogen) atoms. The summed E-state index contributed by atoms with van der Waals surface area (Å²) in [5.41, 5.74) is 1.42. The number of ether oxygens (including phenoxy) is 1. The quantitative estimate of drug-likeness (QED) is 0.753. The van der Waals surface area contributed by atoms with Crippen molar-refractivity contribution < 1.29 is 14.4 Å². The van der Waals surface area contributed by atoms with Crippen molar-refractivity contribution in [2.24, 2.45) is 0 Å². The van der Waals surface area contributed by atoms with E-state index in [9.17, 15) is 4.79 Å². The number of thiophene rings is 1. The predicted octanol–water partition coefficient (Wildman–Crippen LogP) is 1.72. The number of likely N-dealkylation sites (tertiary alicyclic amines) is 1. The van der Waals surface area contributed by atoms with E-state index in [0.29, 0.717) is 13.0 Å². The van der Waals surface area contributed by atoms with E-state index in [2.05, 4.69) is 5.32 Å². The number of carbonyl (C=O) groups excluding carboxylic acids is 1. The number of quaternary nitrogens is 1. The van der Waals surface area contributed by atoms with Gasteiger partial charge in [0.25, 0.3) is 0 Å². The number of esters is 1. The molecule has 7 heteroatoms. The minimum atomic E-state index is -0.198. The van der Waals surface area contributed by atoms with Crippen LogP contribution < -0.4 is 10.2 Å². The van der Waals surface area contributed by atoms with Gasteiger partial charge in [-0.15, -0.1) is 11.3 Å². The minimum absolute atomic E-state index is 0.198. The molecular formula is C19H27N4O2S+. The lowest BCUT2D eigenvalue weighted by molar-refractivity contribution is -0.919. The molecular weight excluding hydrogens is 348 g/mol. The van der Waals surface area contributed by atoms with Gasteiger partial charge in [-0.25, -0.2) is 9.97 Å². The van der Waals surface area contributed by atoms with E-state index < -0.39 is 0 Å². The van der Waals surface area contributed by atoms with E-state index in [4.69, 9.17) is 14.7 Å². The Labute approximate surface area is 158 Å². The molecule has 0 amide bonds. The molecule has 4 rings (SSSR count). The first-order chi connectivity index (χ1) is 12.7. The van der Waals surface area contributed by atoms with Crippen molar-refractivity contribution in [3.05, 3.63) is 16.3 Å². The number of rotatable bonds is 6. The molecule has 2 N–H and O–H groups in total. The van der Waals surface area contributed by atoms with Crippen molar-refractivity contribution in [2.45, 2.75) is 51.5 Å². The average molecular weight is 376 g/mol. The predicted molar refractivity (Wildman–Crippen MR) is 103 cm³/mol. The SMILES string of the molecule is COC(=O)CCNc1nc(C[NH+]2CCCCC2)nc2sc3c(c12)CCC3. The number of anilines is 1. The summed E-state index contributed by atoms with van der Waals surface area (Å²) in [6.07, 6.45) is 7.79. The lowest BCUT2D eigenvalue weighted by atomic mass is 10.1. The third-order valence-corrected chi connectivity index (χ3v) is 6.61. The molecule has 0 bridgehead atoms. The molecule has 2 aliphatic rings. The molecule has 2 aromatic rings. The number of nitrogens with zero attached hydrogens (tertiary/aromatic N) is 2. The van der Waals surface area contributed by atoms with Gasteiger partial charge in [0, 0.05) is 11.4 Å². The fourth-order valence-corrected chi connectivity index (χ4v) is 5.36. The summed E-state index contributed by atoms with van der Waals surface area (Å²) in [6, 6.07) is 0. The van der Waals surface area contributed by atoms with Gasteiger partial charge in [0.2, 0.25) is 0 Å². The molecule has 0 atom stereocenters. The first kappa shape index (κ1) is 17.7. The number of hydrogen-bond acceptors (Lipinski definition) is 6. The van der Waals surface area contributed by atoms with Crippen LogP contribution in [-0.2, 0) is 28.9 Å². The Bertz CT molecular complexity index is 798. The van der Waals surface area contributed by atoms with E-state index in [1.54, 1.807) is 4.90 Å². The van der Waals surface area contributed by atoms with Gasteiger partial charge in [-0.3, -0.25) is 4.79 Å². The number of piperidine rings is 1. The first-order valence-electron chi connectivity index (χ1n) is 9.70. The fraction of sp³-hybridized carbons (Fsp3) is 0.632. The van der Waals surface area contributed by atoms with Gasteiger partial charge in [-0.2, -0.15) is 0 Å². The van der Waals surface area contributed by atoms with Crippen LogP contribution >= 0.6 is 11.3 Å². The van der Waals surface area contributed by atoms with Crippen LogP contribution in [0.2, 0.25) is 0 Å². The summed E-state index contributed by atoms with van der Waals surface area (Å²) in [5, 5.41) is 4.58. The Balaban J connectivity index is 1.60. The summed E-state index contributed by atoms with van der Waals surface area (Å²) >= 11 is 1.83. The molecule has 1 aliphatic heterocycles. The van der Waals surface area contributed by atoms with Gasteiger partial charge < -0.3 is 15.0 Å². The van der Waals surface area contributed by atoms with Gasteiger partial charge in [0.05, 0.1) is 32.0 Å². The van der Waals surface area contributed by atoms with E-state index in [1.807, 2.05) is 11.3 Å². The molecule has 2 aromatic heterocycles. The molecule has 0 saturated carbocycles. The Morgan fingerprint density at radius 1 is 1.19 bits per heavy atom. The van der Waals surface area contributed by atoms with Gasteiger partial charge in [0.15, 0.2) is 5.82 Å². The maximum Gasteiger partial charge on any atom is 0.307 e. The highest BCUT2D eigenvalue weighted by atomic mass is 32.1. The van der Waals surface area contributed by atoms with Crippen molar-refractivity contribution >= 4 is 33.3 Å². The van der Waals surface area contributed by atoms with Crippen molar-refractivity contribution in [3.63, 3.8) is 0 Å². The maximum absolute atomic E-state index is 11.4. The summed E-state index contributed by atoms with van der Waals surface area (Å²) in [5.74, 6) is 1.64. The largest absolute Gasteiger partial charge is 0.469 e. The van der Waals surface area contributed by atoms with Gasteiger partial charge in [0.1, 0.15) is 17.2 Å². The van der Waals surface area contributed by atoms with Crippen LogP contribution in [0, 0.1) is 0 Å². The van der Waals surface area contributed by atoms with E-state index in [-0.39, 0.29) is 5.97 Å². The second-order valence-corrected chi connectivity index (χ2v) is 8.35. The van der Waals surface area contributed by atoms with Gasteiger partial charge in [-0.1, -0.05) is 0 Å². The number of fused-ring (bicyclic) bond motifs is 3. The van der Waals surface area contributed by atoms with Crippen molar-refractivity contribution in [2.75, 3.05) is 32.1 Å². The highest BCUT2D eigenvalue weighted by Gasteiger charge is 2.24. The average Bonchev–Trinajstić information content (AvgIpc) is 3.23. The van der Waals surface area contributed by atoms with Crippen LogP contribution in [0.15, 0.2) is 0 Å². The zero-order valence-electron chi connectivity index (χ0n) is 15.4. The van der Waals surface area contributed by atoms with Crippen LogP contribution in [0.5, 0.6) is 0 Å². The molecule has 0 unspecified atom stereocenters. The van der Waals surface area contributed by atoms with Crippen LogP contribution in [0.1, 0.15) is 48.4 Å². The summed E-state index contributed by atoms with van der Waals surface area (Å²) in [7, 11) is 1.43. The van der Waals surface area contributed by atoms with Gasteiger partial charge in [-0.05, 0) is 44.1 Å². The molecule has 0 spiro atoms. The molecule has 0 aromatic carbocycles. The Morgan fingerprint density at radius 3 is 2.85 bits per heavy atom. The zero-order chi connectivity index (χ0) is 17.9. The molecule has 3 heterocycles. The Morgan fingerprint density at radius 2 is 2.04 bits per heavy atom. The fourth-order valence-electron chi connectivity index (χ4n) is 4.08. The van der Waals surface area contributed by atoms with E-state index in [0.717, 1.165) is 35.9 Å². The number of hydrogen-bond donors (Lipinski definition) is 2. The maximum atomic E-state index is 11.4.